The number of rotatable bonds is 8. The zero-order valence-electron chi connectivity index (χ0n) is 16.0. The Balaban J connectivity index is 1.86. The molecule has 0 unspecified atom stereocenters. The van der Waals surface area contributed by atoms with E-state index < -0.39 is 16.0 Å². The highest BCUT2D eigenvalue weighted by atomic mass is 35.5. The third-order valence-electron chi connectivity index (χ3n) is 4.76. The van der Waals surface area contributed by atoms with Crippen molar-refractivity contribution in [1.82, 2.24) is 5.32 Å². The minimum Gasteiger partial charge on any atom is -0.480 e. The monoisotopic (exact) mass is 438 g/mol. The lowest BCUT2D eigenvalue weighted by molar-refractivity contribution is -0.142. The Kier molecular flexibility index (Phi) is 6.66. The van der Waals surface area contributed by atoms with Gasteiger partial charge in [0.05, 0.1) is 10.6 Å². The number of carboxylic acids is 1. The number of hydrogen-bond acceptors (Lipinski definition) is 5. The van der Waals surface area contributed by atoms with E-state index in [2.05, 4.69) is 5.32 Å². The molecule has 0 saturated carbocycles. The van der Waals surface area contributed by atoms with Crippen molar-refractivity contribution in [3.63, 3.8) is 0 Å². The van der Waals surface area contributed by atoms with Crippen LogP contribution in [0.3, 0.4) is 0 Å². The number of nitrogens with one attached hydrogen (secondary N) is 1. The van der Waals surface area contributed by atoms with Gasteiger partial charge in [0.1, 0.15) is 6.61 Å². The Morgan fingerprint density at radius 1 is 1.31 bits per heavy atom. The first-order valence-electron chi connectivity index (χ1n) is 9.25. The van der Waals surface area contributed by atoms with Crippen LogP contribution in [0.5, 0.6) is 0 Å². The first-order valence-corrected chi connectivity index (χ1v) is 11.1. The number of ether oxygens (including phenoxy) is 1. The maximum atomic E-state index is 13.2. The molecule has 1 aliphatic carbocycles. The number of halogens is 1. The predicted molar refractivity (Wildman–Crippen MR) is 113 cm³/mol. The van der Waals surface area contributed by atoms with Crippen molar-refractivity contribution in [3.05, 3.63) is 57.5 Å². The lowest BCUT2D eigenvalue weighted by atomic mass is 9.98. The highest BCUT2D eigenvalue weighted by molar-refractivity contribution is 7.96. The molecule has 1 aromatic carbocycles. The van der Waals surface area contributed by atoms with Crippen LogP contribution in [0, 0.1) is 0 Å². The van der Waals surface area contributed by atoms with E-state index in [4.69, 9.17) is 21.4 Å². The molecule has 2 aliphatic rings. The maximum absolute atomic E-state index is 13.2. The van der Waals surface area contributed by atoms with Crippen molar-refractivity contribution in [2.24, 2.45) is 0 Å². The number of benzene rings is 1. The van der Waals surface area contributed by atoms with Gasteiger partial charge in [0, 0.05) is 42.1 Å². The number of anilines is 1. The smallest absolute Gasteiger partial charge is 0.329 e. The molecule has 0 fully saturated rings. The van der Waals surface area contributed by atoms with Crippen LogP contribution in [0.25, 0.3) is 5.70 Å². The van der Waals surface area contributed by atoms with Crippen LogP contribution in [-0.4, -0.2) is 46.3 Å². The highest BCUT2D eigenvalue weighted by Crippen LogP contribution is 2.42. The third kappa shape index (κ3) is 4.66. The molecule has 0 aromatic heterocycles. The second-order valence-electron chi connectivity index (χ2n) is 6.73. The molecule has 1 aromatic rings. The van der Waals surface area contributed by atoms with Gasteiger partial charge in [-0.3, -0.25) is 4.31 Å². The number of carboxylic acid groups (broad SMARTS) is 1. The maximum Gasteiger partial charge on any atom is 0.329 e. The molecule has 3 rings (SSSR count). The Hall–Kier alpha value is -2.29. The zero-order valence-corrected chi connectivity index (χ0v) is 17.6. The van der Waals surface area contributed by atoms with Gasteiger partial charge in [0.15, 0.2) is 0 Å². The average Bonchev–Trinajstić information content (AvgIpc) is 2.75. The molecule has 0 saturated heterocycles. The predicted octanol–water partition coefficient (Wildman–Crippen LogP) is 3.06. The van der Waals surface area contributed by atoms with Gasteiger partial charge >= 0.3 is 5.97 Å². The summed E-state index contributed by atoms with van der Waals surface area (Å²) < 4.78 is 32.7. The summed E-state index contributed by atoms with van der Waals surface area (Å²) in [5, 5.41) is 12.4. The zero-order chi connectivity index (χ0) is 21.0. The summed E-state index contributed by atoms with van der Waals surface area (Å²) in [6.07, 6.45) is 5.15. The summed E-state index contributed by atoms with van der Waals surface area (Å²) >= 11 is 6.12. The number of aliphatic carboxylic acids is 1. The van der Waals surface area contributed by atoms with Crippen molar-refractivity contribution in [1.29, 1.82) is 0 Å². The molecule has 0 atom stereocenters. The molecule has 0 radical (unpaired) electrons. The standard InChI is InChI=1S/C20H23ClN2O5S/c1-23-17-7-3-2-6-15(17)20(22-10-4-5-11-28-13-19(24)25)16-9-8-14(21)12-18(16)29(23,26)27/h2-3,6-8,12,22H,4-5,9-11,13H2,1H3,(H,24,25). The number of allylic oxidation sites excluding steroid dienone is 4. The van der Waals surface area contributed by atoms with E-state index in [1.165, 1.54) is 10.4 Å². The van der Waals surface area contributed by atoms with E-state index in [0.29, 0.717) is 42.3 Å². The van der Waals surface area contributed by atoms with Crippen molar-refractivity contribution in [2.45, 2.75) is 19.3 Å². The van der Waals surface area contributed by atoms with Gasteiger partial charge in [-0.25, -0.2) is 13.2 Å². The van der Waals surface area contributed by atoms with Gasteiger partial charge in [-0.15, -0.1) is 0 Å². The Bertz CT molecular complexity index is 998. The molecule has 0 spiro atoms. The van der Waals surface area contributed by atoms with E-state index in [-0.39, 0.29) is 11.5 Å². The highest BCUT2D eigenvalue weighted by Gasteiger charge is 2.35. The van der Waals surface area contributed by atoms with E-state index in [9.17, 15) is 13.2 Å². The van der Waals surface area contributed by atoms with Gasteiger partial charge in [-0.05, 0) is 31.4 Å². The van der Waals surface area contributed by atoms with Crippen LogP contribution in [0.2, 0.25) is 0 Å². The lowest BCUT2D eigenvalue weighted by Crippen LogP contribution is -2.28. The lowest BCUT2D eigenvalue weighted by Gasteiger charge is -2.21. The number of sulfonamides is 1. The SMILES string of the molecule is CN1c2ccccc2C(NCCCCOCC(=O)O)=C2CC=C(Cl)C=C2S1(=O)=O. The normalized spacial score (nSPS) is 17.7. The molecule has 156 valence electrons. The van der Waals surface area contributed by atoms with Crippen LogP contribution in [0.4, 0.5) is 5.69 Å². The van der Waals surface area contributed by atoms with Gasteiger partial charge in [-0.2, -0.15) is 0 Å². The minimum absolute atomic E-state index is 0.205. The Morgan fingerprint density at radius 2 is 2.07 bits per heavy atom. The van der Waals surface area contributed by atoms with Crippen LogP contribution in [0.1, 0.15) is 24.8 Å². The fourth-order valence-electron chi connectivity index (χ4n) is 3.33. The van der Waals surface area contributed by atoms with E-state index in [1.54, 1.807) is 19.2 Å². The number of nitrogens with zero attached hydrogens (tertiary/aromatic N) is 1. The van der Waals surface area contributed by atoms with E-state index in [0.717, 1.165) is 17.7 Å². The molecule has 1 heterocycles. The van der Waals surface area contributed by atoms with Gasteiger partial charge in [0.25, 0.3) is 10.0 Å². The summed E-state index contributed by atoms with van der Waals surface area (Å²) in [5.74, 6) is -0.987. The minimum atomic E-state index is -3.73. The second kappa shape index (κ2) is 9.02. The van der Waals surface area contributed by atoms with Crippen molar-refractivity contribution in [3.8, 4) is 0 Å². The summed E-state index contributed by atoms with van der Waals surface area (Å²) in [4.78, 5) is 10.7. The summed E-state index contributed by atoms with van der Waals surface area (Å²) in [7, 11) is -2.19. The molecule has 0 amide bonds. The molecular weight excluding hydrogens is 416 g/mol. The van der Waals surface area contributed by atoms with Gasteiger partial charge in [0.2, 0.25) is 0 Å². The molecule has 0 bridgehead atoms. The molecule has 1 aliphatic heterocycles. The van der Waals surface area contributed by atoms with Crippen LogP contribution in [0.15, 0.2) is 51.9 Å². The number of hydrogen-bond donors (Lipinski definition) is 2. The van der Waals surface area contributed by atoms with Crippen molar-refractivity contribution in [2.75, 3.05) is 31.1 Å². The topological polar surface area (TPSA) is 95.9 Å². The number of carbonyl (C=O) groups is 1. The van der Waals surface area contributed by atoms with Gasteiger partial charge < -0.3 is 15.2 Å². The molecule has 29 heavy (non-hydrogen) atoms. The largest absolute Gasteiger partial charge is 0.480 e. The van der Waals surface area contributed by atoms with Crippen LogP contribution >= 0.6 is 11.6 Å². The van der Waals surface area contributed by atoms with Crippen molar-refractivity contribution < 1.29 is 23.1 Å². The fraction of sp³-hybridized carbons (Fsp3) is 0.350. The summed E-state index contributed by atoms with van der Waals surface area (Å²) in [6, 6.07) is 7.36. The van der Waals surface area contributed by atoms with E-state index >= 15 is 0 Å². The first-order chi connectivity index (χ1) is 13.8. The van der Waals surface area contributed by atoms with Crippen molar-refractivity contribution >= 4 is 39.0 Å². The quantitative estimate of drug-likeness (QED) is 0.605. The molecule has 7 nitrogen and oxygen atoms in total. The molecule has 9 heteroatoms. The number of unbranched alkanes of at least 4 members (excludes halogenated alkanes) is 1. The Labute approximate surface area is 175 Å². The third-order valence-corrected chi connectivity index (χ3v) is 6.86. The number of para-hydroxylation sites is 1. The molecule has 2 N–H and O–H groups in total. The second-order valence-corrected chi connectivity index (χ2v) is 9.10. The van der Waals surface area contributed by atoms with E-state index in [1.807, 2.05) is 18.2 Å². The number of fused-ring (bicyclic) bond motifs is 2. The van der Waals surface area contributed by atoms with Gasteiger partial charge in [-0.1, -0.05) is 35.9 Å². The summed E-state index contributed by atoms with van der Waals surface area (Å²) in [6.45, 7) is 0.650. The summed E-state index contributed by atoms with van der Waals surface area (Å²) in [5.41, 5.74) is 2.87. The van der Waals surface area contributed by atoms with Crippen LogP contribution < -0.4 is 9.62 Å². The average molecular weight is 439 g/mol. The van der Waals surface area contributed by atoms with Crippen LogP contribution in [-0.2, 0) is 19.6 Å². The first kappa shape index (κ1) is 21.4. The Morgan fingerprint density at radius 3 is 2.83 bits per heavy atom. The molecular formula is C20H23ClN2O5S. The fourth-order valence-corrected chi connectivity index (χ4v) is 5.07.